The number of hydrogen-bond donors (Lipinski definition) is 0. The monoisotopic (exact) mass is 519 g/mol. The molecule has 0 aliphatic rings. The molecular weight excluding hydrogens is 509 g/mol. The Morgan fingerprint density at radius 1 is 1.07 bits per heavy atom. The highest BCUT2D eigenvalue weighted by Crippen LogP contribution is 2.36. The molecule has 0 spiro atoms. The van der Waals surface area contributed by atoms with Crippen LogP contribution in [0.1, 0.15) is 16.7 Å². The van der Waals surface area contributed by atoms with Crippen LogP contribution in [0.4, 0.5) is 4.39 Å². The molecule has 3 aromatic rings. The molecule has 0 aliphatic carbocycles. The summed E-state index contributed by atoms with van der Waals surface area (Å²) < 4.78 is 20.6. The summed E-state index contributed by atoms with van der Waals surface area (Å²) in [4.78, 5) is 0. The van der Waals surface area contributed by atoms with Crippen LogP contribution < -0.4 is 4.74 Å². The third kappa shape index (κ3) is 5.23. The lowest BCUT2D eigenvalue weighted by atomic mass is 10.0. The third-order valence-corrected chi connectivity index (χ3v) is 5.31. The molecule has 0 N–H and O–H groups in total. The summed E-state index contributed by atoms with van der Waals surface area (Å²) in [7, 11) is 0. The average Bonchev–Trinajstić information content (AvgIpc) is 2.66. The molecule has 0 saturated carbocycles. The molecule has 0 bridgehead atoms. The lowest BCUT2D eigenvalue weighted by molar-refractivity contribution is 0.301. The van der Waals surface area contributed by atoms with Gasteiger partial charge in [-0.05, 0) is 91.0 Å². The van der Waals surface area contributed by atoms with Gasteiger partial charge in [0.1, 0.15) is 18.2 Å². The van der Waals surface area contributed by atoms with E-state index in [0.717, 1.165) is 25.6 Å². The Kier molecular flexibility index (Phi) is 6.90. The number of ether oxygens (including phenoxy) is 1. The van der Waals surface area contributed by atoms with Crippen molar-refractivity contribution in [1.82, 2.24) is 0 Å². The predicted octanol–water partition coefficient (Wildman–Crippen LogP) is 7.65. The van der Waals surface area contributed by atoms with Gasteiger partial charge in [0, 0.05) is 5.02 Å². The topological polar surface area (TPSA) is 33.0 Å². The molecule has 0 aromatic heterocycles. The Hall–Kier alpha value is -2.13. The fourth-order valence-electron chi connectivity index (χ4n) is 2.56. The second-order valence-electron chi connectivity index (χ2n) is 5.91. The molecule has 3 aromatic carbocycles. The van der Waals surface area contributed by atoms with Crippen LogP contribution in [-0.2, 0) is 6.61 Å². The Bertz CT molecular complexity index is 1050. The Morgan fingerprint density at radius 3 is 2.36 bits per heavy atom. The maximum absolute atomic E-state index is 13.3. The van der Waals surface area contributed by atoms with E-state index < -0.39 is 0 Å². The van der Waals surface area contributed by atoms with Gasteiger partial charge in [-0.3, -0.25) is 0 Å². The molecule has 0 radical (unpaired) electrons. The molecule has 0 atom stereocenters. The third-order valence-electron chi connectivity index (χ3n) is 3.88. The van der Waals surface area contributed by atoms with Gasteiger partial charge in [-0.1, -0.05) is 35.9 Å². The van der Waals surface area contributed by atoms with Gasteiger partial charge in [-0.2, -0.15) is 5.26 Å². The maximum Gasteiger partial charge on any atom is 0.148 e. The van der Waals surface area contributed by atoms with Gasteiger partial charge in [0.15, 0.2) is 0 Å². The second-order valence-corrected chi connectivity index (χ2v) is 8.05. The van der Waals surface area contributed by atoms with Gasteiger partial charge in [0.05, 0.1) is 20.6 Å². The first-order valence-electron chi connectivity index (χ1n) is 8.20. The predicted molar refractivity (Wildman–Crippen MR) is 118 cm³/mol. The highest BCUT2D eigenvalue weighted by atomic mass is 79.9. The highest BCUT2D eigenvalue weighted by Gasteiger charge is 2.10. The number of halogens is 4. The van der Waals surface area contributed by atoms with Crippen LogP contribution in [0.3, 0.4) is 0 Å². The summed E-state index contributed by atoms with van der Waals surface area (Å²) in [5.74, 6) is 0.303. The summed E-state index contributed by atoms with van der Waals surface area (Å²) in [5.41, 5.74) is 2.86. The van der Waals surface area contributed by atoms with Gasteiger partial charge >= 0.3 is 0 Å². The van der Waals surface area contributed by atoms with Crippen LogP contribution >= 0.6 is 43.5 Å². The summed E-state index contributed by atoms with van der Waals surface area (Å²) in [5, 5.41) is 10.1. The van der Waals surface area contributed by atoms with Crippen LogP contribution in [0.25, 0.3) is 11.6 Å². The van der Waals surface area contributed by atoms with E-state index in [1.165, 1.54) is 12.1 Å². The van der Waals surface area contributed by atoms with E-state index in [-0.39, 0.29) is 12.4 Å². The molecule has 0 aliphatic heterocycles. The van der Waals surface area contributed by atoms with E-state index in [1.807, 2.05) is 12.1 Å². The van der Waals surface area contributed by atoms with Gasteiger partial charge in [0.2, 0.25) is 0 Å². The minimum absolute atomic E-state index is 0.234. The van der Waals surface area contributed by atoms with E-state index in [2.05, 4.69) is 37.9 Å². The number of rotatable bonds is 5. The number of benzene rings is 3. The van der Waals surface area contributed by atoms with Crippen LogP contribution in [0.2, 0.25) is 5.02 Å². The van der Waals surface area contributed by atoms with Crippen molar-refractivity contribution in [2.24, 2.45) is 0 Å². The van der Waals surface area contributed by atoms with Gasteiger partial charge in [-0.15, -0.1) is 0 Å². The summed E-state index contributed by atoms with van der Waals surface area (Å²) in [6.45, 7) is 0.234. The Morgan fingerprint density at radius 2 is 1.75 bits per heavy atom. The molecule has 0 heterocycles. The zero-order chi connectivity index (χ0) is 20.1. The zero-order valence-corrected chi connectivity index (χ0v) is 18.4. The van der Waals surface area contributed by atoms with Crippen LogP contribution in [0.5, 0.6) is 5.75 Å². The molecular formula is C22H13Br2ClFNO. The average molecular weight is 522 g/mol. The van der Waals surface area contributed by atoms with Crippen molar-refractivity contribution in [3.8, 4) is 11.8 Å². The largest absolute Gasteiger partial charge is 0.487 e. The summed E-state index contributed by atoms with van der Waals surface area (Å²) in [6.07, 6.45) is 1.79. The molecule has 0 unspecified atom stereocenters. The van der Waals surface area contributed by atoms with Crippen molar-refractivity contribution < 1.29 is 9.13 Å². The highest BCUT2D eigenvalue weighted by molar-refractivity contribution is 9.11. The fourth-order valence-corrected chi connectivity index (χ4v) is 4.14. The van der Waals surface area contributed by atoms with E-state index in [4.69, 9.17) is 16.3 Å². The van der Waals surface area contributed by atoms with Gasteiger partial charge in [0.25, 0.3) is 0 Å². The Balaban J connectivity index is 1.84. The van der Waals surface area contributed by atoms with Crippen molar-refractivity contribution in [1.29, 1.82) is 5.26 Å². The number of nitriles is 1. The van der Waals surface area contributed by atoms with Crippen molar-refractivity contribution in [2.75, 3.05) is 0 Å². The zero-order valence-electron chi connectivity index (χ0n) is 14.4. The molecule has 3 rings (SSSR count). The SMILES string of the molecule is N#C/C(=C\c1cc(Br)c(OCc2cccc(F)c2)c(Br)c1)c1ccc(Cl)cc1. The van der Waals surface area contributed by atoms with Crippen LogP contribution in [0, 0.1) is 17.1 Å². The van der Waals surface area contributed by atoms with Crippen LogP contribution in [0.15, 0.2) is 69.6 Å². The van der Waals surface area contributed by atoms with Gasteiger partial charge < -0.3 is 4.74 Å². The molecule has 140 valence electrons. The minimum atomic E-state index is -0.300. The van der Waals surface area contributed by atoms with Crippen molar-refractivity contribution >= 4 is 55.1 Å². The summed E-state index contributed by atoms with van der Waals surface area (Å²) >= 11 is 12.9. The minimum Gasteiger partial charge on any atom is -0.487 e. The van der Waals surface area contributed by atoms with Crippen molar-refractivity contribution in [3.63, 3.8) is 0 Å². The van der Waals surface area contributed by atoms with Crippen molar-refractivity contribution in [3.05, 3.63) is 97.1 Å². The Labute approximate surface area is 184 Å². The number of hydrogen-bond acceptors (Lipinski definition) is 2. The molecule has 28 heavy (non-hydrogen) atoms. The van der Waals surface area contributed by atoms with Gasteiger partial charge in [-0.25, -0.2) is 4.39 Å². The maximum atomic E-state index is 13.3. The number of nitrogens with zero attached hydrogens (tertiary/aromatic N) is 1. The van der Waals surface area contributed by atoms with E-state index in [1.54, 1.807) is 42.5 Å². The lowest BCUT2D eigenvalue weighted by Crippen LogP contribution is -1.98. The van der Waals surface area contributed by atoms with E-state index in [9.17, 15) is 9.65 Å². The van der Waals surface area contributed by atoms with Crippen LogP contribution in [-0.4, -0.2) is 0 Å². The second kappa shape index (κ2) is 9.38. The fraction of sp³-hybridized carbons (Fsp3) is 0.0455. The first-order valence-corrected chi connectivity index (χ1v) is 10.2. The van der Waals surface area contributed by atoms with E-state index >= 15 is 0 Å². The lowest BCUT2D eigenvalue weighted by Gasteiger charge is -2.12. The molecule has 6 heteroatoms. The molecule has 0 saturated heterocycles. The quantitative estimate of drug-likeness (QED) is 0.255. The normalized spacial score (nSPS) is 11.2. The van der Waals surface area contributed by atoms with Crippen molar-refractivity contribution in [2.45, 2.75) is 6.61 Å². The smallest absolute Gasteiger partial charge is 0.148 e. The van der Waals surface area contributed by atoms with E-state index in [0.29, 0.717) is 16.3 Å². The molecule has 0 fully saturated rings. The molecule has 2 nitrogen and oxygen atoms in total. The first-order chi connectivity index (χ1) is 13.5. The summed E-state index contributed by atoms with van der Waals surface area (Å²) in [6, 6.07) is 19.3. The molecule has 0 amide bonds. The first kappa shape index (κ1) is 20.6. The number of allylic oxidation sites excluding steroid dienone is 1. The standard InChI is InChI=1S/C22H13Br2ClFNO/c23-20-10-15(8-17(12-27)16-4-6-18(25)7-5-16)11-21(24)22(20)28-13-14-2-1-3-19(26)9-14/h1-11H,13H2/b17-8+.